The van der Waals surface area contributed by atoms with Gasteiger partial charge in [0.05, 0.1) is 0 Å². The second-order valence-corrected chi connectivity index (χ2v) is 5.76. The van der Waals surface area contributed by atoms with Crippen LogP contribution >= 0.6 is 0 Å². The van der Waals surface area contributed by atoms with E-state index in [1.54, 1.807) is 0 Å². The minimum atomic E-state index is 0.798. The predicted octanol–water partition coefficient (Wildman–Crippen LogP) is 3.08. The Labute approximate surface area is 118 Å². The van der Waals surface area contributed by atoms with Crippen LogP contribution in [-0.2, 0) is 6.42 Å². The first kappa shape index (κ1) is 14.5. The van der Waals surface area contributed by atoms with Crippen molar-refractivity contribution in [3.05, 3.63) is 35.9 Å². The highest BCUT2D eigenvalue weighted by Crippen LogP contribution is 2.13. The van der Waals surface area contributed by atoms with Crippen LogP contribution in [0.3, 0.4) is 0 Å². The second-order valence-electron chi connectivity index (χ2n) is 5.76. The molecule has 1 heterocycles. The van der Waals surface area contributed by atoms with Crippen molar-refractivity contribution in [2.75, 3.05) is 26.7 Å². The average molecular weight is 260 g/mol. The molecule has 1 unspecified atom stereocenters. The van der Waals surface area contributed by atoms with Gasteiger partial charge in [0.15, 0.2) is 0 Å². The molecule has 1 N–H and O–H groups in total. The van der Waals surface area contributed by atoms with Crippen molar-refractivity contribution in [3.8, 4) is 0 Å². The Morgan fingerprint density at radius 3 is 2.79 bits per heavy atom. The zero-order valence-electron chi connectivity index (χ0n) is 12.3. The lowest BCUT2D eigenvalue weighted by molar-refractivity contribution is 0.220. The number of unbranched alkanes of at least 4 members (excludes halogenated alkanes) is 1. The fourth-order valence-electron chi connectivity index (χ4n) is 2.96. The molecule has 0 aromatic heterocycles. The quantitative estimate of drug-likeness (QED) is 0.791. The molecule has 19 heavy (non-hydrogen) atoms. The Balaban J connectivity index is 1.62. The van der Waals surface area contributed by atoms with E-state index in [-0.39, 0.29) is 0 Å². The third-order valence-electron chi connectivity index (χ3n) is 4.24. The molecule has 1 fully saturated rings. The van der Waals surface area contributed by atoms with E-state index in [2.05, 4.69) is 47.6 Å². The van der Waals surface area contributed by atoms with Crippen LogP contribution in [0.1, 0.15) is 37.7 Å². The number of aryl methyl sites for hydroxylation is 1. The van der Waals surface area contributed by atoms with E-state index in [4.69, 9.17) is 0 Å². The monoisotopic (exact) mass is 260 g/mol. The fraction of sp³-hybridized carbons (Fsp3) is 0.647. The molecule has 0 amide bonds. The van der Waals surface area contributed by atoms with Gasteiger partial charge in [-0.25, -0.2) is 0 Å². The van der Waals surface area contributed by atoms with Crippen molar-refractivity contribution >= 4 is 0 Å². The molecule has 0 aliphatic carbocycles. The van der Waals surface area contributed by atoms with Gasteiger partial charge in [-0.2, -0.15) is 0 Å². The lowest BCUT2D eigenvalue weighted by Crippen LogP contribution is -2.33. The lowest BCUT2D eigenvalue weighted by atomic mass is 10.1. The summed E-state index contributed by atoms with van der Waals surface area (Å²) < 4.78 is 0. The van der Waals surface area contributed by atoms with E-state index in [1.807, 2.05) is 0 Å². The smallest absolute Gasteiger partial charge is 0.0105 e. The maximum Gasteiger partial charge on any atom is 0.0105 e. The minimum Gasteiger partial charge on any atom is -0.317 e. The maximum atomic E-state index is 3.49. The SMILES string of the molecule is CN(CCCCc1ccccc1)C1CCCNCC1. The molecule has 2 nitrogen and oxygen atoms in total. The van der Waals surface area contributed by atoms with Crippen LogP contribution in [0.5, 0.6) is 0 Å². The largest absolute Gasteiger partial charge is 0.317 e. The number of hydrogen-bond donors (Lipinski definition) is 1. The molecular weight excluding hydrogens is 232 g/mol. The number of rotatable bonds is 6. The second kappa shape index (κ2) is 8.34. The predicted molar refractivity (Wildman–Crippen MR) is 82.5 cm³/mol. The van der Waals surface area contributed by atoms with Crippen molar-refractivity contribution in [2.24, 2.45) is 0 Å². The zero-order chi connectivity index (χ0) is 13.3. The minimum absolute atomic E-state index is 0.798. The highest BCUT2D eigenvalue weighted by molar-refractivity contribution is 5.14. The van der Waals surface area contributed by atoms with E-state index >= 15 is 0 Å². The van der Waals surface area contributed by atoms with Crippen LogP contribution < -0.4 is 5.32 Å². The molecule has 0 bridgehead atoms. The zero-order valence-corrected chi connectivity index (χ0v) is 12.3. The molecule has 0 radical (unpaired) electrons. The summed E-state index contributed by atoms with van der Waals surface area (Å²) in [5.74, 6) is 0. The van der Waals surface area contributed by atoms with Gasteiger partial charge in [0, 0.05) is 6.04 Å². The Morgan fingerprint density at radius 2 is 1.95 bits per heavy atom. The third kappa shape index (κ3) is 5.33. The molecule has 0 saturated carbocycles. The molecular formula is C17H28N2. The molecule has 1 aliphatic heterocycles. The molecule has 1 aromatic rings. The summed E-state index contributed by atoms with van der Waals surface area (Å²) in [5, 5.41) is 3.49. The van der Waals surface area contributed by atoms with Crippen molar-refractivity contribution in [3.63, 3.8) is 0 Å². The van der Waals surface area contributed by atoms with Crippen LogP contribution in [0, 0.1) is 0 Å². The van der Waals surface area contributed by atoms with Crippen LogP contribution in [-0.4, -0.2) is 37.6 Å². The summed E-state index contributed by atoms with van der Waals surface area (Å²) in [7, 11) is 2.30. The van der Waals surface area contributed by atoms with Crippen LogP contribution in [0.4, 0.5) is 0 Å². The molecule has 1 aromatic carbocycles. The number of benzene rings is 1. The Bertz CT molecular complexity index is 328. The van der Waals surface area contributed by atoms with Gasteiger partial charge < -0.3 is 10.2 Å². The van der Waals surface area contributed by atoms with E-state index in [0.29, 0.717) is 0 Å². The van der Waals surface area contributed by atoms with Gasteiger partial charge in [0.2, 0.25) is 0 Å². The van der Waals surface area contributed by atoms with Gasteiger partial charge in [-0.3, -0.25) is 0 Å². The number of hydrogen-bond acceptors (Lipinski definition) is 2. The summed E-state index contributed by atoms with van der Waals surface area (Å²) in [6.07, 6.45) is 7.85. The first-order valence-corrected chi connectivity index (χ1v) is 7.81. The van der Waals surface area contributed by atoms with Gasteiger partial charge in [0.25, 0.3) is 0 Å². The van der Waals surface area contributed by atoms with E-state index < -0.39 is 0 Å². The van der Waals surface area contributed by atoms with Crippen molar-refractivity contribution in [1.29, 1.82) is 0 Å². The highest BCUT2D eigenvalue weighted by atomic mass is 15.1. The normalized spacial score (nSPS) is 20.4. The third-order valence-corrected chi connectivity index (χ3v) is 4.24. The number of nitrogens with one attached hydrogen (secondary N) is 1. The summed E-state index contributed by atoms with van der Waals surface area (Å²) in [6.45, 7) is 3.65. The maximum absolute atomic E-state index is 3.49. The lowest BCUT2D eigenvalue weighted by Gasteiger charge is -2.26. The summed E-state index contributed by atoms with van der Waals surface area (Å²) in [6, 6.07) is 11.6. The van der Waals surface area contributed by atoms with Gasteiger partial charge in [-0.1, -0.05) is 30.3 Å². The molecule has 1 saturated heterocycles. The van der Waals surface area contributed by atoms with Crippen molar-refractivity contribution in [1.82, 2.24) is 10.2 Å². The van der Waals surface area contributed by atoms with Crippen molar-refractivity contribution < 1.29 is 0 Å². The van der Waals surface area contributed by atoms with Gasteiger partial charge >= 0.3 is 0 Å². The number of nitrogens with zero attached hydrogens (tertiary/aromatic N) is 1. The average Bonchev–Trinajstić information content (AvgIpc) is 2.73. The van der Waals surface area contributed by atoms with E-state index in [9.17, 15) is 0 Å². The van der Waals surface area contributed by atoms with Crippen LogP contribution in [0.15, 0.2) is 30.3 Å². The molecule has 2 heteroatoms. The van der Waals surface area contributed by atoms with Crippen LogP contribution in [0.2, 0.25) is 0 Å². The molecule has 0 spiro atoms. The van der Waals surface area contributed by atoms with E-state index in [1.165, 1.54) is 63.7 Å². The fourth-order valence-corrected chi connectivity index (χ4v) is 2.96. The Morgan fingerprint density at radius 1 is 1.11 bits per heavy atom. The van der Waals surface area contributed by atoms with Crippen molar-refractivity contribution in [2.45, 2.75) is 44.6 Å². The summed E-state index contributed by atoms with van der Waals surface area (Å²) in [5.41, 5.74) is 1.48. The standard InChI is InChI=1S/C17H28N2/c1-19(17-11-7-13-18-14-12-17)15-6-5-10-16-8-3-2-4-9-16/h2-4,8-9,17-18H,5-7,10-15H2,1H3. The molecule has 1 aliphatic rings. The molecule has 2 rings (SSSR count). The summed E-state index contributed by atoms with van der Waals surface area (Å²) >= 11 is 0. The molecule has 1 atom stereocenters. The van der Waals surface area contributed by atoms with Gasteiger partial charge in [-0.15, -0.1) is 0 Å². The molecule has 106 valence electrons. The summed E-state index contributed by atoms with van der Waals surface area (Å²) in [4.78, 5) is 2.58. The van der Waals surface area contributed by atoms with Crippen LogP contribution in [0.25, 0.3) is 0 Å². The highest BCUT2D eigenvalue weighted by Gasteiger charge is 2.15. The topological polar surface area (TPSA) is 15.3 Å². The Hall–Kier alpha value is -0.860. The van der Waals surface area contributed by atoms with Gasteiger partial charge in [-0.05, 0) is 70.8 Å². The Kier molecular flexibility index (Phi) is 6.38. The van der Waals surface area contributed by atoms with E-state index in [0.717, 1.165) is 6.04 Å². The first-order valence-electron chi connectivity index (χ1n) is 7.81. The van der Waals surface area contributed by atoms with Gasteiger partial charge in [0.1, 0.15) is 0 Å². The first-order chi connectivity index (χ1) is 9.36.